The lowest BCUT2D eigenvalue weighted by atomic mass is 10.1. The van der Waals surface area contributed by atoms with Crippen molar-refractivity contribution in [3.63, 3.8) is 0 Å². The number of anilines is 2. The van der Waals surface area contributed by atoms with Gasteiger partial charge < -0.3 is 20.0 Å². The topological polar surface area (TPSA) is 77.8 Å². The Hall–Kier alpha value is -3.86. The number of furan rings is 1. The molecular formula is C25H24F4N4O3. The fourth-order valence-electron chi connectivity index (χ4n) is 4.07. The minimum atomic E-state index is -4.57. The summed E-state index contributed by atoms with van der Waals surface area (Å²) < 4.78 is 57.5. The predicted molar refractivity (Wildman–Crippen MR) is 125 cm³/mol. The Kier molecular flexibility index (Phi) is 7.58. The van der Waals surface area contributed by atoms with Crippen LogP contribution in [0.1, 0.15) is 17.4 Å². The van der Waals surface area contributed by atoms with E-state index in [1.807, 2.05) is 0 Å². The van der Waals surface area contributed by atoms with E-state index in [9.17, 15) is 27.2 Å². The van der Waals surface area contributed by atoms with Crippen LogP contribution in [0.15, 0.2) is 71.3 Å². The Morgan fingerprint density at radius 1 is 0.944 bits per heavy atom. The second kappa shape index (κ2) is 10.8. The third-order valence-corrected chi connectivity index (χ3v) is 5.93. The molecule has 190 valence electrons. The number of nitrogens with one attached hydrogen (secondary N) is 2. The van der Waals surface area contributed by atoms with Crippen molar-refractivity contribution in [2.24, 2.45) is 0 Å². The second-order valence-electron chi connectivity index (χ2n) is 8.27. The summed E-state index contributed by atoms with van der Waals surface area (Å²) in [6.45, 7) is 2.61. The van der Waals surface area contributed by atoms with Gasteiger partial charge in [-0.1, -0.05) is 6.07 Å². The Morgan fingerprint density at radius 2 is 1.67 bits per heavy atom. The Balaban J connectivity index is 1.36. The Labute approximate surface area is 204 Å². The number of nitrogens with zero attached hydrogens (tertiary/aromatic N) is 2. The number of carbonyl (C=O) groups excluding carboxylic acids is 2. The van der Waals surface area contributed by atoms with Crippen molar-refractivity contribution >= 4 is 23.2 Å². The molecule has 4 rings (SSSR count). The highest BCUT2D eigenvalue weighted by Crippen LogP contribution is 2.30. The highest BCUT2D eigenvalue weighted by molar-refractivity contribution is 6.39. The highest BCUT2D eigenvalue weighted by atomic mass is 19.4. The second-order valence-corrected chi connectivity index (χ2v) is 8.27. The molecule has 2 heterocycles. The molecule has 0 radical (unpaired) electrons. The number of alkyl halides is 3. The largest absolute Gasteiger partial charge is 0.468 e. The third-order valence-electron chi connectivity index (χ3n) is 5.93. The fourth-order valence-corrected chi connectivity index (χ4v) is 4.07. The molecule has 0 aliphatic carbocycles. The quantitative estimate of drug-likeness (QED) is 0.391. The predicted octanol–water partition coefficient (Wildman–Crippen LogP) is 4.06. The van der Waals surface area contributed by atoms with E-state index in [0.717, 1.165) is 23.9 Å². The van der Waals surface area contributed by atoms with Crippen molar-refractivity contribution in [1.29, 1.82) is 0 Å². The van der Waals surface area contributed by atoms with Crippen LogP contribution in [-0.2, 0) is 15.8 Å². The molecular weight excluding hydrogens is 480 g/mol. The van der Waals surface area contributed by atoms with Crippen LogP contribution in [0, 0.1) is 5.82 Å². The van der Waals surface area contributed by atoms with Crippen LogP contribution >= 0.6 is 0 Å². The van der Waals surface area contributed by atoms with Gasteiger partial charge in [0.2, 0.25) is 0 Å². The van der Waals surface area contributed by atoms with Crippen molar-refractivity contribution in [1.82, 2.24) is 10.2 Å². The van der Waals surface area contributed by atoms with Crippen molar-refractivity contribution in [2.75, 3.05) is 42.9 Å². The zero-order chi connectivity index (χ0) is 25.7. The third kappa shape index (κ3) is 6.22. The Morgan fingerprint density at radius 3 is 2.31 bits per heavy atom. The lowest BCUT2D eigenvalue weighted by molar-refractivity contribution is -0.137. The minimum Gasteiger partial charge on any atom is -0.468 e. The van der Waals surface area contributed by atoms with Gasteiger partial charge in [-0.3, -0.25) is 14.5 Å². The summed E-state index contributed by atoms with van der Waals surface area (Å²) in [6, 6.07) is 13.4. The van der Waals surface area contributed by atoms with E-state index in [2.05, 4.69) is 20.4 Å². The highest BCUT2D eigenvalue weighted by Gasteiger charge is 2.31. The molecule has 11 heteroatoms. The first-order valence-electron chi connectivity index (χ1n) is 11.2. The van der Waals surface area contributed by atoms with Crippen molar-refractivity contribution in [3.05, 3.63) is 84.1 Å². The molecule has 2 N–H and O–H groups in total. The SMILES string of the molecule is O=C(NCC(c1ccco1)N1CCN(c2ccc(F)cc2)CC1)C(=O)Nc1cccc(C(F)(F)F)c1. The molecule has 0 spiro atoms. The molecule has 1 unspecified atom stereocenters. The molecule has 1 aliphatic heterocycles. The van der Waals surface area contributed by atoms with Crippen LogP contribution < -0.4 is 15.5 Å². The molecule has 3 aromatic rings. The van der Waals surface area contributed by atoms with E-state index in [0.29, 0.717) is 31.9 Å². The number of benzene rings is 2. The van der Waals surface area contributed by atoms with Crippen LogP contribution in [0.25, 0.3) is 0 Å². The van der Waals surface area contributed by atoms with Gasteiger partial charge in [0, 0.05) is 44.1 Å². The lowest BCUT2D eigenvalue weighted by Gasteiger charge is -2.39. The van der Waals surface area contributed by atoms with Gasteiger partial charge in [0.05, 0.1) is 17.9 Å². The van der Waals surface area contributed by atoms with Gasteiger partial charge in [0.1, 0.15) is 11.6 Å². The molecule has 2 amide bonds. The molecule has 1 aliphatic rings. The van der Waals surface area contributed by atoms with Gasteiger partial charge in [-0.15, -0.1) is 0 Å². The normalized spacial score (nSPS) is 15.4. The molecule has 2 aromatic carbocycles. The van der Waals surface area contributed by atoms with E-state index in [-0.39, 0.29) is 24.1 Å². The van der Waals surface area contributed by atoms with Crippen LogP contribution in [0.4, 0.5) is 28.9 Å². The smallest absolute Gasteiger partial charge is 0.416 e. The zero-order valence-electron chi connectivity index (χ0n) is 19.1. The van der Waals surface area contributed by atoms with E-state index in [1.165, 1.54) is 24.5 Å². The molecule has 1 atom stereocenters. The fraction of sp³-hybridized carbons (Fsp3) is 0.280. The maximum atomic E-state index is 13.2. The number of carbonyl (C=O) groups is 2. The van der Waals surface area contributed by atoms with Crippen molar-refractivity contribution in [3.8, 4) is 0 Å². The van der Waals surface area contributed by atoms with Crippen molar-refractivity contribution < 1.29 is 31.6 Å². The molecule has 1 aromatic heterocycles. The maximum absolute atomic E-state index is 13.2. The summed E-state index contributed by atoms with van der Waals surface area (Å²) >= 11 is 0. The van der Waals surface area contributed by atoms with Gasteiger partial charge in [-0.2, -0.15) is 13.2 Å². The molecule has 36 heavy (non-hydrogen) atoms. The van der Waals surface area contributed by atoms with Crippen LogP contribution in [0.5, 0.6) is 0 Å². The Bertz CT molecular complexity index is 1170. The summed E-state index contributed by atoms with van der Waals surface area (Å²) in [6.07, 6.45) is -3.06. The molecule has 0 bridgehead atoms. The van der Waals surface area contributed by atoms with E-state index in [1.54, 1.807) is 24.3 Å². The monoisotopic (exact) mass is 504 g/mol. The van der Waals surface area contributed by atoms with Gasteiger partial charge in [0.25, 0.3) is 0 Å². The van der Waals surface area contributed by atoms with Gasteiger partial charge in [-0.05, 0) is 54.6 Å². The number of hydrogen-bond acceptors (Lipinski definition) is 5. The number of amides is 2. The number of hydrogen-bond donors (Lipinski definition) is 2. The summed E-state index contributed by atoms with van der Waals surface area (Å²) in [4.78, 5) is 28.9. The summed E-state index contributed by atoms with van der Waals surface area (Å²) in [7, 11) is 0. The molecule has 1 fully saturated rings. The maximum Gasteiger partial charge on any atom is 0.416 e. The van der Waals surface area contributed by atoms with E-state index >= 15 is 0 Å². The van der Waals surface area contributed by atoms with Crippen LogP contribution in [0.3, 0.4) is 0 Å². The van der Waals surface area contributed by atoms with Gasteiger partial charge in [0.15, 0.2) is 0 Å². The first kappa shape index (κ1) is 25.2. The first-order chi connectivity index (χ1) is 17.2. The van der Waals surface area contributed by atoms with Crippen LogP contribution in [0.2, 0.25) is 0 Å². The van der Waals surface area contributed by atoms with E-state index < -0.39 is 23.6 Å². The molecule has 0 saturated carbocycles. The number of rotatable bonds is 6. The zero-order valence-corrected chi connectivity index (χ0v) is 19.1. The van der Waals surface area contributed by atoms with E-state index in [4.69, 9.17) is 4.42 Å². The average Bonchev–Trinajstić information content (AvgIpc) is 3.39. The standard InChI is InChI=1S/C25H24F4N4O3/c26-18-6-8-20(9-7-18)32-10-12-33(13-11-32)21(22-5-2-14-36-22)16-30-23(34)24(35)31-19-4-1-3-17(15-19)25(27,28)29/h1-9,14-15,21H,10-13,16H2,(H,30,34)(H,31,35). The number of halogens is 4. The summed E-state index contributed by atoms with van der Waals surface area (Å²) in [5.41, 5.74) is -0.159. The lowest BCUT2D eigenvalue weighted by Crippen LogP contribution is -2.50. The molecule has 1 saturated heterocycles. The first-order valence-corrected chi connectivity index (χ1v) is 11.2. The van der Waals surface area contributed by atoms with Gasteiger partial charge >= 0.3 is 18.0 Å². The molecule has 7 nitrogen and oxygen atoms in total. The van der Waals surface area contributed by atoms with Crippen molar-refractivity contribution in [2.45, 2.75) is 12.2 Å². The van der Waals surface area contributed by atoms with Gasteiger partial charge in [-0.25, -0.2) is 4.39 Å². The van der Waals surface area contributed by atoms with Crippen LogP contribution in [-0.4, -0.2) is 49.4 Å². The number of piperazine rings is 1. The minimum absolute atomic E-state index is 0.0545. The summed E-state index contributed by atoms with van der Waals surface area (Å²) in [5.74, 6) is -1.76. The average molecular weight is 504 g/mol. The summed E-state index contributed by atoms with van der Waals surface area (Å²) in [5, 5.41) is 4.75.